The number of fused-ring (bicyclic) bond motifs is 1. The van der Waals surface area contributed by atoms with E-state index in [0.29, 0.717) is 29.4 Å². The van der Waals surface area contributed by atoms with E-state index in [1.165, 1.54) is 6.33 Å². The van der Waals surface area contributed by atoms with Gasteiger partial charge in [0.15, 0.2) is 0 Å². The Morgan fingerprint density at radius 1 is 1.24 bits per heavy atom. The lowest BCUT2D eigenvalue weighted by molar-refractivity contribution is -0.112. The van der Waals surface area contributed by atoms with Crippen molar-refractivity contribution in [2.45, 2.75) is 19.8 Å². The molecule has 0 spiro atoms. The monoisotopic (exact) mass is 441 g/mol. The van der Waals surface area contributed by atoms with Crippen molar-refractivity contribution in [1.29, 1.82) is 0 Å². The number of hydrogen-bond donors (Lipinski definition) is 2. The Morgan fingerprint density at radius 2 is 2.06 bits per heavy atom. The minimum absolute atomic E-state index is 0.164. The molecule has 0 unspecified atom stereocenters. The van der Waals surface area contributed by atoms with Crippen molar-refractivity contribution in [2.24, 2.45) is 0 Å². The summed E-state index contributed by atoms with van der Waals surface area (Å²) in [6.07, 6.45) is 10.5. The molecule has 1 aromatic heterocycles. The molecule has 4 rings (SSSR count). The Kier molecular flexibility index (Phi) is 6.86. The van der Waals surface area contributed by atoms with E-state index in [9.17, 15) is 4.79 Å². The number of rotatable bonds is 6. The predicted octanol–water partition coefficient (Wildman–Crippen LogP) is 4.34. The van der Waals surface area contributed by atoms with Crippen LogP contribution in [0.15, 0.2) is 54.4 Å². The number of carbonyl (C=O) groups excluding carboxylic acids is 1. The Hall–Kier alpha value is -3.89. The summed E-state index contributed by atoms with van der Waals surface area (Å²) in [7, 11) is 2.09. The number of amides is 1. The average Bonchev–Trinajstić information content (AvgIpc) is 2.81. The molecule has 0 atom stereocenters. The summed E-state index contributed by atoms with van der Waals surface area (Å²) in [6.45, 7) is 4.30. The van der Waals surface area contributed by atoms with Crippen LogP contribution in [0.25, 0.3) is 10.9 Å². The normalized spacial score (nSPS) is 13.9. The summed E-state index contributed by atoms with van der Waals surface area (Å²) in [5, 5.41) is 7.06. The number of benzene rings is 2. The number of nitrogens with zero attached hydrogens (tertiary/aromatic N) is 3. The molecular formula is C26H27N5O2. The molecule has 1 saturated heterocycles. The van der Waals surface area contributed by atoms with Gasteiger partial charge in [-0.05, 0) is 51.1 Å². The highest BCUT2D eigenvalue weighted by Crippen LogP contribution is 2.33. The SMILES string of the molecule is C#Cc1cccc(Nc2ncnc3cc(OCC)c(NC(=O)C=C4CCN(C)CC4)cc23)c1. The lowest BCUT2D eigenvalue weighted by Crippen LogP contribution is -2.27. The van der Waals surface area contributed by atoms with Crippen molar-refractivity contribution in [3.05, 3.63) is 59.9 Å². The molecular weight excluding hydrogens is 414 g/mol. The molecule has 2 heterocycles. The second-order valence-electron chi connectivity index (χ2n) is 7.97. The van der Waals surface area contributed by atoms with Gasteiger partial charge in [-0.1, -0.05) is 17.6 Å². The molecule has 1 amide bonds. The number of nitrogens with one attached hydrogen (secondary N) is 2. The number of hydrogen-bond acceptors (Lipinski definition) is 6. The third-order valence-electron chi connectivity index (χ3n) is 5.55. The Balaban J connectivity index is 1.65. The molecule has 0 saturated carbocycles. The summed E-state index contributed by atoms with van der Waals surface area (Å²) in [5.41, 5.74) is 4.03. The van der Waals surface area contributed by atoms with E-state index in [2.05, 4.69) is 38.5 Å². The van der Waals surface area contributed by atoms with Crippen LogP contribution in [0.1, 0.15) is 25.3 Å². The van der Waals surface area contributed by atoms with Gasteiger partial charge in [-0.3, -0.25) is 4.79 Å². The molecule has 168 valence electrons. The molecule has 1 aliphatic heterocycles. The lowest BCUT2D eigenvalue weighted by atomic mass is 10.0. The Morgan fingerprint density at radius 3 is 2.82 bits per heavy atom. The highest BCUT2D eigenvalue weighted by molar-refractivity contribution is 6.04. The molecule has 7 nitrogen and oxygen atoms in total. The number of ether oxygens (including phenoxy) is 1. The molecule has 0 bridgehead atoms. The zero-order chi connectivity index (χ0) is 23.2. The summed E-state index contributed by atoms with van der Waals surface area (Å²) in [6, 6.07) is 11.2. The van der Waals surface area contributed by atoms with E-state index in [-0.39, 0.29) is 5.91 Å². The van der Waals surface area contributed by atoms with Crippen LogP contribution in [0.3, 0.4) is 0 Å². The Labute approximate surface area is 193 Å². The van der Waals surface area contributed by atoms with Crippen LogP contribution in [0.5, 0.6) is 5.75 Å². The quantitative estimate of drug-likeness (QED) is 0.438. The van der Waals surface area contributed by atoms with Crippen molar-refractivity contribution in [1.82, 2.24) is 14.9 Å². The summed E-state index contributed by atoms with van der Waals surface area (Å²) < 4.78 is 5.79. The van der Waals surface area contributed by atoms with Crippen LogP contribution < -0.4 is 15.4 Å². The first-order valence-corrected chi connectivity index (χ1v) is 11.0. The van der Waals surface area contributed by atoms with Crippen LogP contribution >= 0.6 is 0 Å². The standard InChI is InChI=1S/C26H27N5O2/c1-4-18-7-6-8-20(13-18)29-26-21-15-23(24(33-5-2)16-22(21)27-17-28-26)30-25(32)14-19-9-11-31(3)12-10-19/h1,6-8,13-17H,5,9-12H2,2-3H3,(H,30,32)(H,27,28,29). The first-order valence-electron chi connectivity index (χ1n) is 11.0. The second kappa shape index (κ2) is 10.2. The highest BCUT2D eigenvalue weighted by Gasteiger charge is 2.15. The van der Waals surface area contributed by atoms with Crippen LogP contribution in [-0.2, 0) is 4.79 Å². The van der Waals surface area contributed by atoms with Crippen molar-refractivity contribution in [3.63, 3.8) is 0 Å². The summed E-state index contributed by atoms with van der Waals surface area (Å²) >= 11 is 0. The van der Waals surface area contributed by atoms with Gasteiger partial charge in [0.1, 0.15) is 17.9 Å². The van der Waals surface area contributed by atoms with Gasteiger partial charge in [0.05, 0.1) is 17.8 Å². The van der Waals surface area contributed by atoms with E-state index in [1.54, 1.807) is 6.08 Å². The van der Waals surface area contributed by atoms with E-state index in [1.807, 2.05) is 43.3 Å². The smallest absolute Gasteiger partial charge is 0.248 e. The number of aromatic nitrogens is 2. The van der Waals surface area contributed by atoms with E-state index < -0.39 is 0 Å². The van der Waals surface area contributed by atoms with Crippen LogP contribution in [-0.4, -0.2) is 47.5 Å². The highest BCUT2D eigenvalue weighted by atomic mass is 16.5. The zero-order valence-electron chi connectivity index (χ0n) is 18.9. The maximum atomic E-state index is 12.8. The van der Waals surface area contributed by atoms with Gasteiger partial charge >= 0.3 is 0 Å². The van der Waals surface area contributed by atoms with Crippen molar-refractivity contribution < 1.29 is 9.53 Å². The van der Waals surface area contributed by atoms with Gasteiger partial charge < -0.3 is 20.3 Å². The largest absolute Gasteiger partial charge is 0.492 e. The molecule has 0 radical (unpaired) electrons. The third-order valence-corrected chi connectivity index (χ3v) is 5.55. The Bertz CT molecular complexity index is 1240. The van der Waals surface area contributed by atoms with Gasteiger partial charge in [-0.2, -0.15) is 0 Å². The molecule has 0 aliphatic carbocycles. The fourth-order valence-electron chi connectivity index (χ4n) is 3.78. The molecule has 1 fully saturated rings. The van der Waals surface area contributed by atoms with Gasteiger partial charge in [0.25, 0.3) is 0 Å². The topological polar surface area (TPSA) is 79.4 Å². The van der Waals surface area contributed by atoms with Gasteiger partial charge in [0.2, 0.25) is 5.91 Å². The molecule has 2 aromatic carbocycles. The second-order valence-corrected chi connectivity index (χ2v) is 7.97. The fourth-order valence-corrected chi connectivity index (χ4v) is 3.78. The van der Waals surface area contributed by atoms with Crippen LogP contribution in [0.2, 0.25) is 0 Å². The summed E-state index contributed by atoms with van der Waals surface area (Å²) in [4.78, 5) is 23.8. The maximum absolute atomic E-state index is 12.8. The van der Waals surface area contributed by atoms with E-state index in [0.717, 1.165) is 48.1 Å². The van der Waals surface area contributed by atoms with Crippen LogP contribution in [0, 0.1) is 12.3 Å². The number of carbonyl (C=O) groups is 1. The first kappa shape index (κ1) is 22.3. The molecule has 1 aliphatic rings. The first-order chi connectivity index (χ1) is 16.1. The third kappa shape index (κ3) is 5.48. The number of piperidine rings is 1. The number of terminal acetylenes is 1. The minimum atomic E-state index is -0.164. The molecule has 7 heteroatoms. The molecule has 3 aromatic rings. The molecule has 2 N–H and O–H groups in total. The van der Waals surface area contributed by atoms with Gasteiger partial charge in [0, 0.05) is 41.9 Å². The maximum Gasteiger partial charge on any atom is 0.248 e. The fraction of sp³-hybridized carbons (Fsp3) is 0.269. The summed E-state index contributed by atoms with van der Waals surface area (Å²) in [5.74, 6) is 3.65. The van der Waals surface area contributed by atoms with E-state index >= 15 is 0 Å². The lowest BCUT2D eigenvalue weighted by Gasteiger charge is -2.23. The van der Waals surface area contributed by atoms with Crippen molar-refractivity contribution >= 4 is 34.0 Å². The van der Waals surface area contributed by atoms with Crippen molar-refractivity contribution in [3.8, 4) is 18.1 Å². The minimum Gasteiger partial charge on any atom is -0.492 e. The number of likely N-dealkylation sites (tertiary alicyclic amines) is 1. The van der Waals surface area contributed by atoms with Crippen molar-refractivity contribution in [2.75, 3.05) is 37.4 Å². The predicted molar refractivity (Wildman–Crippen MR) is 132 cm³/mol. The molecule has 33 heavy (non-hydrogen) atoms. The van der Waals surface area contributed by atoms with Gasteiger partial charge in [-0.15, -0.1) is 6.42 Å². The number of anilines is 3. The zero-order valence-corrected chi connectivity index (χ0v) is 18.9. The average molecular weight is 442 g/mol. The van der Waals surface area contributed by atoms with E-state index in [4.69, 9.17) is 11.2 Å². The van der Waals surface area contributed by atoms with Gasteiger partial charge in [-0.25, -0.2) is 9.97 Å². The van der Waals surface area contributed by atoms with Crippen LogP contribution in [0.4, 0.5) is 17.2 Å².